The minimum Gasteiger partial charge on any atom is -0.444 e. The van der Waals surface area contributed by atoms with Crippen molar-refractivity contribution in [1.82, 2.24) is 9.88 Å². The third-order valence-electron chi connectivity index (χ3n) is 3.81. The van der Waals surface area contributed by atoms with Gasteiger partial charge in [0.25, 0.3) is 0 Å². The van der Waals surface area contributed by atoms with Gasteiger partial charge in [0.1, 0.15) is 5.60 Å². The molecule has 1 amide bonds. The van der Waals surface area contributed by atoms with Crippen molar-refractivity contribution in [2.75, 3.05) is 31.1 Å². The van der Waals surface area contributed by atoms with Crippen LogP contribution < -0.4 is 4.90 Å². The highest BCUT2D eigenvalue weighted by Gasteiger charge is 2.26. The van der Waals surface area contributed by atoms with E-state index in [-0.39, 0.29) is 6.09 Å². The molecule has 0 spiro atoms. The summed E-state index contributed by atoms with van der Waals surface area (Å²) >= 11 is 7.67. The molecule has 7 heteroatoms. The Morgan fingerprint density at radius 3 is 2.60 bits per heavy atom. The number of amides is 1. The number of benzene rings is 1. The van der Waals surface area contributed by atoms with Crippen LogP contribution in [0.2, 0.25) is 5.02 Å². The van der Waals surface area contributed by atoms with E-state index in [0.29, 0.717) is 18.1 Å². The van der Waals surface area contributed by atoms with Gasteiger partial charge in [0.05, 0.1) is 5.69 Å². The van der Waals surface area contributed by atoms with Gasteiger partial charge < -0.3 is 14.5 Å². The molecule has 5 nitrogen and oxygen atoms in total. The summed E-state index contributed by atoms with van der Waals surface area (Å²) < 4.78 is 5.43. The van der Waals surface area contributed by atoms with Crippen LogP contribution in [-0.2, 0) is 4.74 Å². The van der Waals surface area contributed by atoms with Crippen molar-refractivity contribution in [3.63, 3.8) is 0 Å². The quantitative estimate of drug-likeness (QED) is 0.769. The van der Waals surface area contributed by atoms with Crippen LogP contribution >= 0.6 is 22.9 Å². The molecular formula is C18H22ClN3O2S. The van der Waals surface area contributed by atoms with Crippen molar-refractivity contribution in [2.45, 2.75) is 26.4 Å². The number of piperazine rings is 1. The van der Waals surface area contributed by atoms with Crippen LogP contribution in [0.5, 0.6) is 0 Å². The summed E-state index contributed by atoms with van der Waals surface area (Å²) in [7, 11) is 0. The minimum absolute atomic E-state index is 0.245. The Bertz CT molecular complexity index is 749. The van der Waals surface area contributed by atoms with Gasteiger partial charge in [0, 0.05) is 42.1 Å². The largest absolute Gasteiger partial charge is 0.444 e. The van der Waals surface area contributed by atoms with Gasteiger partial charge in [-0.15, -0.1) is 11.3 Å². The Morgan fingerprint density at radius 1 is 1.24 bits per heavy atom. The van der Waals surface area contributed by atoms with E-state index in [1.165, 1.54) is 0 Å². The van der Waals surface area contributed by atoms with E-state index in [1.807, 2.05) is 50.4 Å². The second-order valence-corrected chi connectivity index (χ2v) is 8.25. The third-order valence-corrected chi connectivity index (χ3v) is 4.95. The van der Waals surface area contributed by atoms with E-state index < -0.39 is 5.60 Å². The third kappa shape index (κ3) is 4.64. The Hall–Kier alpha value is -1.79. The van der Waals surface area contributed by atoms with E-state index in [9.17, 15) is 4.79 Å². The lowest BCUT2D eigenvalue weighted by molar-refractivity contribution is 0.0240. The topological polar surface area (TPSA) is 45.7 Å². The maximum absolute atomic E-state index is 12.1. The second-order valence-electron chi connectivity index (χ2n) is 6.98. The summed E-state index contributed by atoms with van der Waals surface area (Å²) in [5.74, 6) is 0. The fourth-order valence-corrected chi connectivity index (χ4v) is 3.68. The van der Waals surface area contributed by atoms with Crippen molar-refractivity contribution in [2.24, 2.45) is 0 Å². The normalized spacial score (nSPS) is 15.4. The lowest BCUT2D eigenvalue weighted by Gasteiger charge is -2.35. The predicted molar refractivity (Wildman–Crippen MR) is 103 cm³/mol. The molecule has 25 heavy (non-hydrogen) atoms. The van der Waals surface area contributed by atoms with Gasteiger partial charge >= 0.3 is 6.09 Å². The van der Waals surface area contributed by atoms with Gasteiger partial charge in [0.15, 0.2) is 5.13 Å². The van der Waals surface area contributed by atoms with Crippen molar-refractivity contribution < 1.29 is 9.53 Å². The molecule has 0 atom stereocenters. The molecule has 1 aromatic heterocycles. The maximum atomic E-state index is 12.1. The summed E-state index contributed by atoms with van der Waals surface area (Å²) in [6.45, 7) is 8.43. The fourth-order valence-electron chi connectivity index (χ4n) is 2.60. The first-order valence-corrected chi connectivity index (χ1v) is 9.52. The van der Waals surface area contributed by atoms with Crippen LogP contribution in [0.4, 0.5) is 9.93 Å². The molecule has 2 aromatic rings. The average molecular weight is 380 g/mol. The number of rotatable bonds is 2. The standard InChI is InChI=1S/C18H22ClN3O2S/c1-18(2,3)24-17(23)22-9-7-21(8-10-22)16-20-15(12-25-16)13-5-4-6-14(19)11-13/h4-6,11-12H,7-10H2,1-3H3. The van der Waals surface area contributed by atoms with Gasteiger partial charge in [-0.25, -0.2) is 9.78 Å². The number of aromatic nitrogens is 1. The van der Waals surface area contributed by atoms with Crippen LogP contribution in [0.15, 0.2) is 29.6 Å². The van der Waals surface area contributed by atoms with Crippen LogP contribution in [0.1, 0.15) is 20.8 Å². The summed E-state index contributed by atoms with van der Waals surface area (Å²) in [4.78, 5) is 20.8. The predicted octanol–water partition coefficient (Wildman–Crippen LogP) is 4.52. The number of carbonyl (C=O) groups is 1. The van der Waals surface area contributed by atoms with Crippen molar-refractivity contribution in [1.29, 1.82) is 0 Å². The van der Waals surface area contributed by atoms with Crippen LogP contribution in [0, 0.1) is 0 Å². The summed E-state index contributed by atoms with van der Waals surface area (Å²) in [5.41, 5.74) is 1.48. The molecule has 1 aliphatic heterocycles. The second kappa shape index (κ2) is 7.22. The zero-order valence-electron chi connectivity index (χ0n) is 14.7. The Labute approximate surface area is 157 Å². The SMILES string of the molecule is CC(C)(C)OC(=O)N1CCN(c2nc(-c3cccc(Cl)c3)cs2)CC1. The zero-order chi connectivity index (χ0) is 18.0. The summed E-state index contributed by atoms with van der Waals surface area (Å²) in [6.07, 6.45) is -0.245. The van der Waals surface area contributed by atoms with E-state index in [2.05, 4.69) is 4.90 Å². The highest BCUT2D eigenvalue weighted by atomic mass is 35.5. The summed E-state index contributed by atoms with van der Waals surface area (Å²) in [5, 5.41) is 3.72. The molecular weight excluding hydrogens is 358 g/mol. The Morgan fingerprint density at radius 2 is 1.96 bits per heavy atom. The molecule has 1 aliphatic rings. The highest BCUT2D eigenvalue weighted by Crippen LogP contribution is 2.29. The highest BCUT2D eigenvalue weighted by molar-refractivity contribution is 7.14. The molecule has 1 saturated heterocycles. The zero-order valence-corrected chi connectivity index (χ0v) is 16.2. The first-order chi connectivity index (χ1) is 11.8. The minimum atomic E-state index is -0.463. The number of nitrogens with zero attached hydrogens (tertiary/aromatic N) is 3. The fraction of sp³-hybridized carbons (Fsp3) is 0.444. The Balaban J connectivity index is 1.61. The number of hydrogen-bond acceptors (Lipinski definition) is 5. The monoisotopic (exact) mass is 379 g/mol. The number of anilines is 1. The van der Waals surface area contributed by atoms with Gasteiger partial charge in [-0.05, 0) is 32.9 Å². The first kappa shape index (κ1) is 18.0. The number of hydrogen-bond donors (Lipinski definition) is 0. The molecule has 0 saturated carbocycles. The van der Waals surface area contributed by atoms with E-state index in [0.717, 1.165) is 29.5 Å². The Kier molecular flexibility index (Phi) is 5.20. The smallest absolute Gasteiger partial charge is 0.410 e. The molecule has 0 unspecified atom stereocenters. The molecule has 0 radical (unpaired) electrons. The van der Waals surface area contributed by atoms with Crippen LogP contribution in [0.3, 0.4) is 0 Å². The molecule has 0 bridgehead atoms. The molecule has 134 valence electrons. The van der Waals surface area contributed by atoms with Gasteiger partial charge in [0.2, 0.25) is 0 Å². The number of halogens is 1. The molecule has 0 aliphatic carbocycles. The maximum Gasteiger partial charge on any atom is 0.410 e. The molecule has 1 aromatic carbocycles. The van der Waals surface area contributed by atoms with E-state index >= 15 is 0 Å². The molecule has 2 heterocycles. The number of thiazole rings is 1. The number of carbonyl (C=O) groups excluding carboxylic acids is 1. The van der Waals surface area contributed by atoms with Crippen molar-refractivity contribution >= 4 is 34.2 Å². The van der Waals surface area contributed by atoms with Crippen molar-refractivity contribution in [3.05, 3.63) is 34.7 Å². The van der Waals surface area contributed by atoms with Crippen LogP contribution in [0.25, 0.3) is 11.3 Å². The molecule has 1 fully saturated rings. The van der Waals surface area contributed by atoms with Gasteiger partial charge in [-0.3, -0.25) is 0 Å². The lowest BCUT2D eigenvalue weighted by Crippen LogP contribution is -2.50. The molecule has 3 rings (SSSR count). The van der Waals surface area contributed by atoms with E-state index in [1.54, 1.807) is 16.2 Å². The van der Waals surface area contributed by atoms with Gasteiger partial charge in [-0.1, -0.05) is 23.7 Å². The molecule has 0 N–H and O–H groups in total. The first-order valence-electron chi connectivity index (χ1n) is 8.26. The van der Waals surface area contributed by atoms with Crippen LogP contribution in [-0.4, -0.2) is 47.8 Å². The summed E-state index contributed by atoms with van der Waals surface area (Å²) in [6, 6.07) is 7.70. The van der Waals surface area contributed by atoms with Gasteiger partial charge in [-0.2, -0.15) is 0 Å². The van der Waals surface area contributed by atoms with E-state index in [4.69, 9.17) is 21.3 Å². The van der Waals surface area contributed by atoms with Crippen molar-refractivity contribution in [3.8, 4) is 11.3 Å². The average Bonchev–Trinajstić information content (AvgIpc) is 3.03. The lowest BCUT2D eigenvalue weighted by atomic mass is 10.2. The number of ether oxygens (including phenoxy) is 1.